The molecule has 1 unspecified atom stereocenters. The number of hydrogen-bond donors (Lipinski definition) is 1. The minimum atomic E-state index is 0.390. The summed E-state index contributed by atoms with van der Waals surface area (Å²) in [7, 11) is 0. The van der Waals surface area contributed by atoms with Crippen LogP contribution in [0.3, 0.4) is 0 Å². The van der Waals surface area contributed by atoms with E-state index >= 15 is 0 Å². The molecule has 1 aliphatic rings. The summed E-state index contributed by atoms with van der Waals surface area (Å²) in [6, 6.07) is 20.6. The molecule has 0 heterocycles. The van der Waals surface area contributed by atoms with Gasteiger partial charge in [0.2, 0.25) is 0 Å². The zero-order chi connectivity index (χ0) is 13.9. The number of hydrogen-bond acceptors (Lipinski definition) is 1. The minimum Gasteiger partial charge on any atom is -0.303 e. The Hall–Kier alpha value is -1.60. The van der Waals surface area contributed by atoms with E-state index in [1.807, 2.05) is 0 Å². The first-order valence-corrected chi connectivity index (χ1v) is 7.61. The molecule has 1 N–H and O–H groups in total. The van der Waals surface area contributed by atoms with E-state index in [2.05, 4.69) is 73.8 Å². The fraction of sp³-hybridized carbons (Fsp3) is 0.368. The molecule has 0 radical (unpaired) electrons. The monoisotopic (exact) mass is 265 g/mol. The molecule has 1 fully saturated rings. The molecule has 0 amide bonds. The van der Waals surface area contributed by atoms with Gasteiger partial charge in [0.15, 0.2) is 0 Å². The molecule has 1 nitrogen and oxygen atoms in total. The molecule has 2 aromatic rings. The standard InChI is InChI=1S/C19H23N/c1-14-8-10-16(11-9-14)15(2)20-19(18-12-13-18)17-6-4-3-5-7-17/h3-11,15,18-20H,12-13H2,1-2H3/t15-,19?/m0/s1. The van der Waals surface area contributed by atoms with Crippen LogP contribution in [-0.4, -0.2) is 0 Å². The summed E-state index contributed by atoms with van der Waals surface area (Å²) in [4.78, 5) is 0. The number of nitrogens with one attached hydrogen (secondary N) is 1. The van der Waals surface area contributed by atoms with Gasteiger partial charge in [-0.05, 0) is 43.7 Å². The maximum atomic E-state index is 3.83. The Kier molecular flexibility index (Phi) is 3.88. The lowest BCUT2D eigenvalue weighted by Gasteiger charge is -2.24. The van der Waals surface area contributed by atoms with Crippen molar-refractivity contribution in [1.82, 2.24) is 5.32 Å². The van der Waals surface area contributed by atoms with E-state index < -0.39 is 0 Å². The van der Waals surface area contributed by atoms with Gasteiger partial charge in [0.1, 0.15) is 0 Å². The van der Waals surface area contributed by atoms with Crippen LogP contribution in [0.15, 0.2) is 54.6 Å². The Bertz CT molecular complexity index is 540. The highest BCUT2D eigenvalue weighted by atomic mass is 15.0. The lowest BCUT2D eigenvalue weighted by molar-refractivity contribution is 0.427. The van der Waals surface area contributed by atoms with E-state index in [-0.39, 0.29) is 0 Å². The van der Waals surface area contributed by atoms with E-state index in [0.29, 0.717) is 12.1 Å². The van der Waals surface area contributed by atoms with Gasteiger partial charge in [0.05, 0.1) is 0 Å². The molecule has 1 aliphatic carbocycles. The summed E-state index contributed by atoms with van der Waals surface area (Å²) < 4.78 is 0. The first kappa shape index (κ1) is 13.4. The van der Waals surface area contributed by atoms with Crippen molar-refractivity contribution in [2.45, 2.75) is 38.8 Å². The van der Waals surface area contributed by atoms with Gasteiger partial charge >= 0.3 is 0 Å². The van der Waals surface area contributed by atoms with E-state index in [1.54, 1.807) is 0 Å². The van der Waals surface area contributed by atoms with Crippen molar-refractivity contribution >= 4 is 0 Å². The second-order valence-electron chi connectivity index (χ2n) is 6.02. The van der Waals surface area contributed by atoms with E-state index in [9.17, 15) is 0 Å². The predicted molar refractivity (Wildman–Crippen MR) is 84.6 cm³/mol. The maximum absolute atomic E-state index is 3.83. The highest BCUT2D eigenvalue weighted by molar-refractivity contribution is 5.26. The van der Waals surface area contributed by atoms with Gasteiger partial charge in [-0.3, -0.25) is 0 Å². The average molecular weight is 265 g/mol. The van der Waals surface area contributed by atoms with Crippen molar-refractivity contribution in [3.63, 3.8) is 0 Å². The second kappa shape index (κ2) is 5.80. The Morgan fingerprint density at radius 3 is 2.15 bits per heavy atom. The summed E-state index contributed by atoms with van der Waals surface area (Å²) >= 11 is 0. The third kappa shape index (κ3) is 3.10. The first-order chi connectivity index (χ1) is 9.74. The topological polar surface area (TPSA) is 12.0 Å². The van der Waals surface area contributed by atoms with Crippen LogP contribution in [-0.2, 0) is 0 Å². The van der Waals surface area contributed by atoms with Crippen molar-refractivity contribution in [1.29, 1.82) is 0 Å². The van der Waals surface area contributed by atoms with Crippen LogP contribution in [0.25, 0.3) is 0 Å². The van der Waals surface area contributed by atoms with Crippen LogP contribution in [0.2, 0.25) is 0 Å². The molecule has 1 heteroatoms. The van der Waals surface area contributed by atoms with Crippen molar-refractivity contribution in [3.8, 4) is 0 Å². The molecule has 0 spiro atoms. The van der Waals surface area contributed by atoms with Gasteiger partial charge in [-0.25, -0.2) is 0 Å². The molecule has 3 rings (SSSR count). The SMILES string of the molecule is Cc1ccc([C@H](C)NC(c2ccccc2)C2CC2)cc1. The van der Waals surface area contributed by atoms with Gasteiger partial charge in [-0.15, -0.1) is 0 Å². The molecular weight excluding hydrogens is 242 g/mol. The summed E-state index contributed by atoms with van der Waals surface area (Å²) in [6.45, 7) is 4.40. The predicted octanol–water partition coefficient (Wildman–Crippen LogP) is 4.80. The number of rotatable bonds is 5. The van der Waals surface area contributed by atoms with E-state index in [4.69, 9.17) is 0 Å². The molecule has 2 atom stereocenters. The quantitative estimate of drug-likeness (QED) is 0.819. The highest BCUT2D eigenvalue weighted by Gasteiger charge is 2.32. The summed E-state index contributed by atoms with van der Waals surface area (Å²) in [5.41, 5.74) is 4.12. The van der Waals surface area contributed by atoms with Gasteiger partial charge in [-0.1, -0.05) is 60.2 Å². The Morgan fingerprint density at radius 2 is 1.55 bits per heavy atom. The maximum Gasteiger partial charge on any atom is 0.0353 e. The van der Waals surface area contributed by atoms with Crippen molar-refractivity contribution in [3.05, 3.63) is 71.3 Å². The molecule has 104 valence electrons. The number of aryl methyl sites for hydroxylation is 1. The largest absolute Gasteiger partial charge is 0.303 e. The molecular formula is C19H23N. The molecule has 2 aromatic carbocycles. The van der Waals surface area contributed by atoms with Gasteiger partial charge < -0.3 is 5.32 Å². The molecule has 1 saturated carbocycles. The fourth-order valence-corrected chi connectivity index (χ4v) is 2.82. The normalized spacial score (nSPS) is 17.7. The summed E-state index contributed by atoms with van der Waals surface area (Å²) in [5.74, 6) is 0.810. The molecule has 0 aliphatic heterocycles. The zero-order valence-electron chi connectivity index (χ0n) is 12.3. The molecule has 20 heavy (non-hydrogen) atoms. The van der Waals surface area contributed by atoms with Gasteiger partial charge in [0.25, 0.3) is 0 Å². The average Bonchev–Trinajstić information content (AvgIpc) is 3.31. The van der Waals surface area contributed by atoms with Gasteiger partial charge in [0, 0.05) is 12.1 Å². The Balaban J connectivity index is 1.75. The molecule has 0 aromatic heterocycles. The van der Waals surface area contributed by atoms with E-state index in [0.717, 1.165) is 5.92 Å². The van der Waals surface area contributed by atoms with Crippen molar-refractivity contribution < 1.29 is 0 Å². The van der Waals surface area contributed by atoms with Crippen LogP contribution < -0.4 is 5.32 Å². The minimum absolute atomic E-state index is 0.390. The highest BCUT2D eigenvalue weighted by Crippen LogP contribution is 2.42. The smallest absolute Gasteiger partial charge is 0.0353 e. The van der Waals surface area contributed by atoms with Crippen LogP contribution in [0, 0.1) is 12.8 Å². The van der Waals surface area contributed by atoms with Crippen molar-refractivity contribution in [2.75, 3.05) is 0 Å². The summed E-state index contributed by atoms with van der Waals surface area (Å²) in [6.07, 6.45) is 2.71. The fourth-order valence-electron chi connectivity index (χ4n) is 2.82. The Labute approximate surface area is 122 Å². The first-order valence-electron chi connectivity index (χ1n) is 7.61. The summed E-state index contributed by atoms with van der Waals surface area (Å²) in [5, 5.41) is 3.83. The van der Waals surface area contributed by atoms with Crippen LogP contribution in [0.1, 0.15) is 48.5 Å². The lowest BCUT2D eigenvalue weighted by atomic mass is 9.99. The third-order valence-electron chi connectivity index (χ3n) is 4.26. The van der Waals surface area contributed by atoms with Gasteiger partial charge in [-0.2, -0.15) is 0 Å². The molecule has 0 bridgehead atoms. The Morgan fingerprint density at radius 1 is 0.900 bits per heavy atom. The molecule has 0 saturated heterocycles. The van der Waals surface area contributed by atoms with Crippen LogP contribution >= 0.6 is 0 Å². The number of benzene rings is 2. The second-order valence-corrected chi connectivity index (χ2v) is 6.02. The van der Waals surface area contributed by atoms with Crippen molar-refractivity contribution in [2.24, 2.45) is 5.92 Å². The van der Waals surface area contributed by atoms with Crippen LogP contribution in [0.4, 0.5) is 0 Å². The van der Waals surface area contributed by atoms with Crippen LogP contribution in [0.5, 0.6) is 0 Å². The lowest BCUT2D eigenvalue weighted by Crippen LogP contribution is -2.26. The van der Waals surface area contributed by atoms with E-state index in [1.165, 1.54) is 29.5 Å². The zero-order valence-corrected chi connectivity index (χ0v) is 12.3. The third-order valence-corrected chi connectivity index (χ3v) is 4.26.